The zero-order valence-electron chi connectivity index (χ0n) is 11.7. The van der Waals surface area contributed by atoms with Crippen LogP contribution in [0.3, 0.4) is 0 Å². The number of benzene rings is 1. The quantitative estimate of drug-likeness (QED) is 0.490. The van der Waals surface area contributed by atoms with Crippen LogP contribution >= 0.6 is 0 Å². The van der Waals surface area contributed by atoms with Crippen LogP contribution in [0.25, 0.3) is 0 Å². The van der Waals surface area contributed by atoms with E-state index in [1.54, 1.807) is 0 Å². The summed E-state index contributed by atoms with van der Waals surface area (Å²) in [6.45, 7) is 4.53. The molecule has 0 nitrogen and oxygen atoms in total. The third kappa shape index (κ3) is 6.51. The Bertz CT molecular complexity index is 271. The fraction of sp³-hybridized carbons (Fsp3) is 0.647. The van der Waals surface area contributed by atoms with Crippen molar-refractivity contribution in [2.75, 3.05) is 0 Å². The van der Waals surface area contributed by atoms with Crippen LogP contribution in [0.2, 0.25) is 0 Å². The fourth-order valence-electron chi connectivity index (χ4n) is 2.21. The minimum Gasteiger partial charge on any atom is -0.0654 e. The van der Waals surface area contributed by atoms with E-state index in [-0.39, 0.29) is 0 Å². The second kappa shape index (κ2) is 9.27. The molecule has 0 aliphatic heterocycles. The van der Waals surface area contributed by atoms with Gasteiger partial charge >= 0.3 is 0 Å². The maximum absolute atomic E-state index is 2.33. The van der Waals surface area contributed by atoms with Gasteiger partial charge in [-0.2, -0.15) is 0 Å². The van der Waals surface area contributed by atoms with Crippen molar-refractivity contribution < 1.29 is 0 Å². The van der Waals surface area contributed by atoms with Gasteiger partial charge in [0.1, 0.15) is 0 Å². The average molecular weight is 232 g/mol. The van der Waals surface area contributed by atoms with E-state index in [2.05, 4.69) is 38.1 Å². The Hall–Kier alpha value is -0.780. The van der Waals surface area contributed by atoms with Gasteiger partial charge in [0.05, 0.1) is 0 Å². The summed E-state index contributed by atoms with van der Waals surface area (Å²) in [6.07, 6.45) is 12.0. The van der Waals surface area contributed by atoms with E-state index in [1.165, 1.54) is 68.9 Å². The third-order valence-corrected chi connectivity index (χ3v) is 3.41. The highest BCUT2D eigenvalue weighted by Gasteiger charge is 1.96. The predicted molar refractivity (Wildman–Crippen MR) is 77.5 cm³/mol. The third-order valence-electron chi connectivity index (χ3n) is 3.41. The highest BCUT2D eigenvalue weighted by Crippen LogP contribution is 2.11. The Morgan fingerprint density at radius 3 is 1.47 bits per heavy atom. The van der Waals surface area contributed by atoms with Crippen LogP contribution in [0.15, 0.2) is 24.3 Å². The zero-order chi connectivity index (χ0) is 12.3. The highest BCUT2D eigenvalue weighted by atomic mass is 14.0. The molecule has 0 amide bonds. The SMILES string of the molecule is CCCCCCc1ccc(CCCCC)cc1. The van der Waals surface area contributed by atoms with E-state index in [0.29, 0.717) is 0 Å². The molecule has 0 unspecified atom stereocenters. The Balaban J connectivity index is 2.24. The standard InChI is InChI=1S/C17H28/c1-3-5-7-9-11-17-14-12-16(13-15-17)10-8-6-4-2/h12-15H,3-11H2,1-2H3. The van der Waals surface area contributed by atoms with Gasteiger partial charge in [-0.05, 0) is 36.8 Å². The van der Waals surface area contributed by atoms with E-state index in [0.717, 1.165) is 0 Å². The summed E-state index contributed by atoms with van der Waals surface area (Å²) in [6, 6.07) is 9.30. The predicted octanol–water partition coefficient (Wildman–Crippen LogP) is 5.54. The lowest BCUT2D eigenvalue weighted by atomic mass is 10.0. The van der Waals surface area contributed by atoms with E-state index in [4.69, 9.17) is 0 Å². The molecule has 0 bridgehead atoms. The molecular formula is C17H28. The largest absolute Gasteiger partial charge is 0.0654 e. The van der Waals surface area contributed by atoms with Crippen LogP contribution in [0.1, 0.15) is 69.9 Å². The molecule has 0 aromatic heterocycles. The van der Waals surface area contributed by atoms with Gasteiger partial charge in [0.15, 0.2) is 0 Å². The first-order valence-corrected chi connectivity index (χ1v) is 7.44. The van der Waals surface area contributed by atoms with Crippen LogP contribution in [-0.2, 0) is 12.8 Å². The molecule has 1 aromatic rings. The van der Waals surface area contributed by atoms with Crippen LogP contribution in [-0.4, -0.2) is 0 Å². The monoisotopic (exact) mass is 232 g/mol. The van der Waals surface area contributed by atoms with E-state index in [1.807, 2.05) is 0 Å². The summed E-state index contributed by atoms with van der Waals surface area (Å²) in [4.78, 5) is 0. The number of aryl methyl sites for hydroxylation is 2. The molecule has 0 heterocycles. The molecule has 0 atom stereocenters. The van der Waals surface area contributed by atoms with E-state index < -0.39 is 0 Å². The van der Waals surface area contributed by atoms with Gasteiger partial charge in [-0.3, -0.25) is 0 Å². The van der Waals surface area contributed by atoms with Crippen molar-refractivity contribution in [1.82, 2.24) is 0 Å². The molecule has 0 radical (unpaired) electrons. The Morgan fingerprint density at radius 1 is 0.588 bits per heavy atom. The number of hydrogen-bond acceptors (Lipinski definition) is 0. The van der Waals surface area contributed by atoms with Gasteiger partial charge in [0.2, 0.25) is 0 Å². The average Bonchev–Trinajstić information content (AvgIpc) is 2.37. The highest BCUT2D eigenvalue weighted by molar-refractivity contribution is 5.22. The summed E-state index contributed by atoms with van der Waals surface area (Å²) < 4.78 is 0. The van der Waals surface area contributed by atoms with Crippen LogP contribution in [0, 0.1) is 0 Å². The molecule has 1 rings (SSSR count). The van der Waals surface area contributed by atoms with Gasteiger partial charge in [-0.1, -0.05) is 70.2 Å². The van der Waals surface area contributed by atoms with Crippen molar-refractivity contribution in [1.29, 1.82) is 0 Å². The molecule has 0 spiro atoms. The number of hydrogen-bond donors (Lipinski definition) is 0. The Kier molecular flexibility index (Phi) is 7.79. The molecule has 0 N–H and O–H groups in total. The van der Waals surface area contributed by atoms with Gasteiger partial charge in [-0.25, -0.2) is 0 Å². The maximum Gasteiger partial charge on any atom is -0.0279 e. The molecule has 96 valence electrons. The molecular weight excluding hydrogens is 204 g/mol. The van der Waals surface area contributed by atoms with E-state index >= 15 is 0 Å². The minimum absolute atomic E-state index is 1.25. The second-order valence-electron chi connectivity index (χ2n) is 5.08. The molecule has 0 aliphatic rings. The van der Waals surface area contributed by atoms with Gasteiger partial charge in [0.25, 0.3) is 0 Å². The Morgan fingerprint density at radius 2 is 1.00 bits per heavy atom. The Labute approximate surface area is 107 Å². The van der Waals surface area contributed by atoms with Gasteiger partial charge in [-0.15, -0.1) is 0 Å². The number of rotatable bonds is 9. The van der Waals surface area contributed by atoms with Crippen molar-refractivity contribution in [3.63, 3.8) is 0 Å². The van der Waals surface area contributed by atoms with Gasteiger partial charge in [0, 0.05) is 0 Å². The van der Waals surface area contributed by atoms with Crippen molar-refractivity contribution in [2.45, 2.75) is 71.6 Å². The second-order valence-corrected chi connectivity index (χ2v) is 5.08. The summed E-state index contributed by atoms with van der Waals surface area (Å²) in [5.41, 5.74) is 3.02. The topological polar surface area (TPSA) is 0 Å². The summed E-state index contributed by atoms with van der Waals surface area (Å²) in [7, 11) is 0. The lowest BCUT2D eigenvalue weighted by molar-refractivity contribution is 0.666. The minimum atomic E-state index is 1.25. The summed E-state index contributed by atoms with van der Waals surface area (Å²) in [5, 5.41) is 0. The first kappa shape index (κ1) is 14.3. The molecule has 0 saturated carbocycles. The fourth-order valence-corrected chi connectivity index (χ4v) is 2.21. The number of unbranched alkanes of at least 4 members (excludes halogenated alkanes) is 5. The summed E-state index contributed by atoms with van der Waals surface area (Å²) in [5.74, 6) is 0. The molecule has 0 saturated heterocycles. The van der Waals surface area contributed by atoms with E-state index in [9.17, 15) is 0 Å². The van der Waals surface area contributed by atoms with Crippen LogP contribution in [0.5, 0.6) is 0 Å². The van der Waals surface area contributed by atoms with Crippen molar-refractivity contribution in [3.8, 4) is 0 Å². The first-order valence-electron chi connectivity index (χ1n) is 7.44. The van der Waals surface area contributed by atoms with Gasteiger partial charge < -0.3 is 0 Å². The molecule has 0 heteroatoms. The van der Waals surface area contributed by atoms with Crippen LogP contribution < -0.4 is 0 Å². The van der Waals surface area contributed by atoms with Crippen molar-refractivity contribution in [3.05, 3.63) is 35.4 Å². The maximum atomic E-state index is 2.33. The molecule has 0 fully saturated rings. The molecule has 1 aromatic carbocycles. The summed E-state index contributed by atoms with van der Waals surface area (Å²) >= 11 is 0. The smallest absolute Gasteiger partial charge is 0.0279 e. The molecule has 17 heavy (non-hydrogen) atoms. The normalized spacial score (nSPS) is 10.7. The van der Waals surface area contributed by atoms with Crippen LogP contribution in [0.4, 0.5) is 0 Å². The van der Waals surface area contributed by atoms with Crippen molar-refractivity contribution in [2.24, 2.45) is 0 Å². The zero-order valence-corrected chi connectivity index (χ0v) is 11.7. The van der Waals surface area contributed by atoms with Crippen molar-refractivity contribution >= 4 is 0 Å². The molecule has 0 aliphatic carbocycles. The lowest BCUT2D eigenvalue weighted by Crippen LogP contribution is -1.89. The lowest BCUT2D eigenvalue weighted by Gasteiger charge is -2.04. The first-order chi connectivity index (χ1) is 8.36.